The van der Waals surface area contributed by atoms with Crippen LogP contribution >= 0.6 is 0 Å². The summed E-state index contributed by atoms with van der Waals surface area (Å²) in [4.78, 5) is 25.8. The van der Waals surface area contributed by atoms with E-state index in [4.69, 9.17) is 9.84 Å². The van der Waals surface area contributed by atoms with Crippen LogP contribution in [0.1, 0.15) is 20.7 Å². The highest BCUT2D eigenvalue weighted by Gasteiger charge is 2.32. The number of imide groups is 1. The molecule has 1 heterocycles. The normalized spacial score (nSPS) is 14.0. The zero-order valence-electron chi connectivity index (χ0n) is 10.9. The summed E-state index contributed by atoms with van der Waals surface area (Å²) in [7, 11) is 1.55. The summed E-state index contributed by atoms with van der Waals surface area (Å²) < 4.78 is 5.27. The van der Waals surface area contributed by atoms with E-state index in [1.54, 1.807) is 31.4 Å². The number of hydrogen-bond donors (Lipinski definition) is 1. The van der Waals surface area contributed by atoms with Crippen molar-refractivity contribution < 1.29 is 19.4 Å². The highest BCUT2D eigenvalue weighted by molar-refractivity contribution is 6.26. The molecule has 0 spiro atoms. The summed E-state index contributed by atoms with van der Waals surface area (Å²) in [6.45, 7) is -0.252. The maximum absolute atomic E-state index is 12.4. The second-order valence-electron chi connectivity index (χ2n) is 4.53. The second kappa shape index (κ2) is 4.61. The molecule has 2 aromatic carbocycles. The molecule has 102 valence electrons. The molecule has 0 saturated carbocycles. The molecule has 0 aliphatic carbocycles. The number of β-amino-alcohol motifs (C(OH)–C–C–N with tert-alkyl or cyclic N) is 1. The minimum absolute atomic E-state index is 0.000473. The van der Waals surface area contributed by atoms with Gasteiger partial charge in [0.25, 0.3) is 11.8 Å². The second-order valence-corrected chi connectivity index (χ2v) is 4.53. The Morgan fingerprint density at radius 1 is 1.10 bits per heavy atom. The van der Waals surface area contributed by atoms with Crippen LogP contribution in [0.5, 0.6) is 5.75 Å². The highest BCUT2D eigenvalue weighted by Crippen LogP contribution is 2.35. The fourth-order valence-electron chi connectivity index (χ4n) is 2.60. The number of ether oxygens (including phenoxy) is 1. The number of methoxy groups -OCH3 is 1. The zero-order valence-corrected chi connectivity index (χ0v) is 10.9. The van der Waals surface area contributed by atoms with Gasteiger partial charge in [-0.1, -0.05) is 12.1 Å². The minimum atomic E-state index is -0.379. The number of aliphatic hydroxyl groups excluding tert-OH is 1. The van der Waals surface area contributed by atoms with Crippen LogP contribution in [0.2, 0.25) is 0 Å². The van der Waals surface area contributed by atoms with Crippen LogP contribution in [-0.2, 0) is 0 Å². The molecular formula is C15H13NO4. The van der Waals surface area contributed by atoms with Crippen molar-refractivity contribution in [3.05, 3.63) is 41.5 Å². The van der Waals surface area contributed by atoms with Crippen LogP contribution in [0.25, 0.3) is 10.8 Å². The van der Waals surface area contributed by atoms with Gasteiger partial charge in [0.2, 0.25) is 0 Å². The van der Waals surface area contributed by atoms with Crippen molar-refractivity contribution in [2.45, 2.75) is 0 Å². The molecule has 20 heavy (non-hydrogen) atoms. The molecule has 0 atom stereocenters. The first kappa shape index (κ1) is 12.6. The van der Waals surface area contributed by atoms with Gasteiger partial charge < -0.3 is 9.84 Å². The maximum Gasteiger partial charge on any atom is 0.261 e. The first-order valence-electron chi connectivity index (χ1n) is 6.25. The van der Waals surface area contributed by atoms with Gasteiger partial charge in [-0.3, -0.25) is 14.5 Å². The molecule has 1 N–H and O–H groups in total. The topological polar surface area (TPSA) is 66.8 Å². The van der Waals surface area contributed by atoms with Crippen LogP contribution in [-0.4, -0.2) is 42.1 Å². The zero-order chi connectivity index (χ0) is 14.3. The van der Waals surface area contributed by atoms with Gasteiger partial charge in [0, 0.05) is 21.9 Å². The van der Waals surface area contributed by atoms with Gasteiger partial charge in [0.05, 0.1) is 20.3 Å². The fraction of sp³-hybridized carbons (Fsp3) is 0.200. The van der Waals surface area contributed by atoms with Crippen molar-refractivity contribution in [1.82, 2.24) is 4.90 Å². The van der Waals surface area contributed by atoms with Crippen molar-refractivity contribution in [2.75, 3.05) is 20.3 Å². The Morgan fingerprint density at radius 2 is 1.80 bits per heavy atom. The lowest BCUT2D eigenvalue weighted by Gasteiger charge is -2.26. The van der Waals surface area contributed by atoms with Gasteiger partial charge >= 0.3 is 0 Å². The van der Waals surface area contributed by atoms with Gasteiger partial charge in [-0.25, -0.2) is 0 Å². The molecule has 2 amide bonds. The van der Waals surface area contributed by atoms with Crippen molar-refractivity contribution in [3.63, 3.8) is 0 Å². The van der Waals surface area contributed by atoms with Gasteiger partial charge in [0.1, 0.15) is 5.75 Å². The predicted molar refractivity (Wildman–Crippen MR) is 73.0 cm³/mol. The van der Waals surface area contributed by atoms with Crippen LogP contribution in [0.3, 0.4) is 0 Å². The molecule has 1 aliphatic heterocycles. The van der Waals surface area contributed by atoms with Gasteiger partial charge in [-0.05, 0) is 18.2 Å². The average Bonchev–Trinajstić information content (AvgIpc) is 2.48. The summed E-state index contributed by atoms with van der Waals surface area (Å²) in [6, 6.07) is 8.64. The predicted octanol–water partition coefficient (Wildman–Crippen LogP) is 1.44. The lowest BCUT2D eigenvalue weighted by Crippen LogP contribution is -2.41. The Balaban J connectivity index is 2.33. The standard InChI is InChI=1S/C15H13NO4/c1-20-12-6-5-11-13-9(12)3-2-4-10(13)14(18)16(7-8-17)15(11)19/h2-6,17H,7-8H2,1H3. The van der Waals surface area contributed by atoms with E-state index in [1.807, 2.05) is 6.07 Å². The van der Waals surface area contributed by atoms with Crippen LogP contribution < -0.4 is 4.74 Å². The number of rotatable bonds is 3. The Labute approximate surface area is 115 Å². The van der Waals surface area contributed by atoms with Crippen LogP contribution in [0, 0.1) is 0 Å². The summed E-state index contributed by atoms with van der Waals surface area (Å²) >= 11 is 0. The van der Waals surface area contributed by atoms with Crippen molar-refractivity contribution in [2.24, 2.45) is 0 Å². The number of aliphatic hydroxyl groups is 1. The Morgan fingerprint density at radius 3 is 2.45 bits per heavy atom. The number of nitrogens with zero attached hydrogens (tertiary/aromatic N) is 1. The van der Waals surface area contributed by atoms with Gasteiger partial charge in [0.15, 0.2) is 0 Å². The first-order valence-corrected chi connectivity index (χ1v) is 6.25. The molecule has 5 nitrogen and oxygen atoms in total. The Bertz CT molecular complexity index is 701. The average molecular weight is 271 g/mol. The van der Waals surface area contributed by atoms with Crippen LogP contribution in [0.4, 0.5) is 0 Å². The molecule has 0 aromatic heterocycles. The van der Waals surface area contributed by atoms with E-state index in [1.165, 1.54) is 0 Å². The Kier molecular flexibility index (Phi) is 2.91. The third-order valence-electron chi connectivity index (χ3n) is 3.50. The molecule has 0 radical (unpaired) electrons. The highest BCUT2D eigenvalue weighted by atomic mass is 16.5. The summed E-state index contributed by atoms with van der Waals surface area (Å²) in [6.07, 6.45) is 0. The number of hydrogen-bond acceptors (Lipinski definition) is 4. The summed E-state index contributed by atoms with van der Waals surface area (Å²) in [5.74, 6) is -0.132. The summed E-state index contributed by atoms with van der Waals surface area (Å²) in [5.41, 5.74) is 0.925. The maximum atomic E-state index is 12.4. The fourth-order valence-corrected chi connectivity index (χ4v) is 2.60. The molecule has 0 unspecified atom stereocenters. The minimum Gasteiger partial charge on any atom is -0.496 e. The molecular weight excluding hydrogens is 258 g/mol. The van der Waals surface area contributed by atoms with Crippen molar-refractivity contribution in [3.8, 4) is 5.75 Å². The number of carbonyl (C=O) groups is 2. The van der Waals surface area contributed by atoms with E-state index in [0.717, 1.165) is 10.3 Å². The van der Waals surface area contributed by atoms with Crippen molar-refractivity contribution >= 4 is 22.6 Å². The molecule has 2 aromatic rings. The molecule has 5 heteroatoms. The van der Waals surface area contributed by atoms with E-state index in [-0.39, 0.29) is 25.0 Å². The van der Waals surface area contributed by atoms with E-state index in [0.29, 0.717) is 22.3 Å². The number of carbonyl (C=O) groups excluding carboxylic acids is 2. The summed E-state index contributed by atoms with van der Waals surface area (Å²) in [5, 5.41) is 10.4. The van der Waals surface area contributed by atoms with Gasteiger partial charge in [-0.2, -0.15) is 0 Å². The molecule has 0 bridgehead atoms. The molecule has 1 aliphatic rings. The molecule has 0 saturated heterocycles. The van der Waals surface area contributed by atoms with Crippen LogP contribution in [0.15, 0.2) is 30.3 Å². The smallest absolute Gasteiger partial charge is 0.261 e. The Hall–Kier alpha value is -2.40. The van der Waals surface area contributed by atoms with Crippen molar-refractivity contribution in [1.29, 1.82) is 0 Å². The number of benzene rings is 2. The lowest BCUT2D eigenvalue weighted by atomic mass is 9.93. The largest absolute Gasteiger partial charge is 0.496 e. The lowest BCUT2D eigenvalue weighted by molar-refractivity contribution is 0.0580. The molecule has 0 fully saturated rings. The first-order chi connectivity index (χ1) is 9.69. The van der Waals surface area contributed by atoms with Gasteiger partial charge in [-0.15, -0.1) is 0 Å². The van der Waals surface area contributed by atoms with E-state index in [9.17, 15) is 9.59 Å². The molecule has 3 rings (SSSR count). The monoisotopic (exact) mass is 271 g/mol. The third-order valence-corrected chi connectivity index (χ3v) is 3.50. The number of amides is 2. The van der Waals surface area contributed by atoms with E-state index < -0.39 is 0 Å². The third kappa shape index (κ3) is 1.60. The van der Waals surface area contributed by atoms with E-state index >= 15 is 0 Å². The van der Waals surface area contributed by atoms with E-state index in [2.05, 4.69) is 0 Å². The SMILES string of the molecule is COc1ccc2c3c(cccc13)C(=O)N(CCO)C2=O. The quantitative estimate of drug-likeness (QED) is 0.858.